The first kappa shape index (κ1) is 14.8. The fourth-order valence-corrected chi connectivity index (χ4v) is 3.75. The van der Waals surface area contributed by atoms with E-state index in [1.807, 2.05) is 85.1 Å². The van der Waals surface area contributed by atoms with E-state index < -0.39 is 6.17 Å². The minimum Gasteiger partial charge on any atom is -0.268 e. The van der Waals surface area contributed by atoms with Crippen LogP contribution in [0.5, 0.6) is 0 Å². The molecule has 0 fully saturated rings. The van der Waals surface area contributed by atoms with Crippen molar-refractivity contribution < 1.29 is 14.2 Å². The normalized spacial score (nSPS) is 17.9. The zero-order chi connectivity index (χ0) is 17.7. The number of rotatable bonds is 2. The molecule has 4 nitrogen and oxygen atoms in total. The van der Waals surface area contributed by atoms with Crippen molar-refractivity contribution in [3.63, 3.8) is 0 Å². The molecule has 0 spiro atoms. The van der Waals surface area contributed by atoms with Crippen LogP contribution < -0.4 is 4.90 Å². The van der Waals surface area contributed by atoms with E-state index >= 15 is 0 Å². The fourth-order valence-electron chi connectivity index (χ4n) is 3.75. The van der Waals surface area contributed by atoms with Crippen molar-refractivity contribution in [1.29, 1.82) is 0 Å². The molecule has 0 aliphatic carbocycles. The molecule has 0 radical (unpaired) electrons. The standard InChI is InChI=1S/C22H15N2O2/c25-21-17-11-5-4-8-15(17)14-23(21)20-18-12-6-7-13-19(18)22(26)24(20)16-9-2-1-3-10-16/h1-14,20H/q+1. The Kier molecular flexibility index (Phi) is 3.12. The summed E-state index contributed by atoms with van der Waals surface area (Å²) < 4.78 is 1.67. The minimum absolute atomic E-state index is 0.0870. The van der Waals surface area contributed by atoms with Gasteiger partial charge in [-0.25, -0.2) is 9.69 Å². The van der Waals surface area contributed by atoms with E-state index in [1.54, 1.807) is 9.48 Å². The molecule has 26 heavy (non-hydrogen) atoms. The van der Waals surface area contributed by atoms with Gasteiger partial charge in [-0.1, -0.05) is 42.5 Å². The first-order valence-corrected chi connectivity index (χ1v) is 8.50. The molecule has 0 N–H and O–H groups in total. The van der Waals surface area contributed by atoms with Crippen LogP contribution in [0.25, 0.3) is 0 Å². The van der Waals surface area contributed by atoms with E-state index in [-0.39, 0.29) is 11.8 Å². The summed E-state index contributed by atoms with van der Waals surface area (Å²) in [4.78, 5) is 27.9. The summed E-state index contributed by atoms with van der Waals surface area (Å²) in [6.07, 6.45) is 1.36. The fraction of sp³-hybridized carbons (Fsp3) is 0.0455. The Hall–Kier alpha value is -3.53. The molecular formula is C22H15N2O2+. The number of carbonyl (C=O) groups excluding carboxylic acids is 2. The Morgan fingerprint density at radius 3 is 2.15 bits per heavy atom. The topological polar surface area (TPSA) is 40.4 Å². The lowest BCUT2D eigenvalue weighted by atomic mass is 10.1. The summed E-state index contributed by atoms with van der Waals surface area (Å²) in [6, 6.07) is 24.5. The third-order valence-corrected chi connectivity index (χ3v) is 4.93. The van der Waals surface area contributed by atoms with Gasteiger partial charge in [0.05, 0.1) is 22.4 Å². The van der Waals surface area contributed by atoms with E-state index in [1.165, 1.54) is 0 Å². The maximum Gasteiger partial charge on any atom is 0.422 e. The van der Waals surface area contributed by atoms with E-state index in [4.69, 9.17) is 0 Å². The van der Waals surface area contributed by atoms with Crippen LogP contribution in [0.1, 0.15) is 38.0 Å². The van der Waals surface area contributed by atoms with Gasteiger partial charge in [-0.15, -0.1) is 4.58 Å². The molecule has 2 aliphatic heterocycles. The predicted molar refractivity (Wildman–Crippen MR) is 98.6 cm³/mol. The van der Waals surface area contributed by atoms with Crippen LogP contribution in [-0.4, -0.2) is 22.6 Å². The number of benzene rings is 3. The quantitative estimate of drug-likeness (QED) is 0.669. The number of nitrogens with zero attached hydrogens (tertiary/aromatic N) is 2. The third-order valence-electron chi connectivity index (χ3n) is 4.93. The first-order valence-electron chi connectivity index (χ1n) is 8.50. The summed E-state index contributed by atoms with van der Waals surface area (Å²) in [7, 11) is 0. The van der Waals surface area contributed by atoms with Gasteiger partial charge in [-0.3, -0.25) is 4.79 Å². The van der Waals surface area contributed by atoms with Gasteiger partial charge in [-0.05, 0) is 36.4 Å². The lowest BCUT2D eigenvalue weighted by Gasteiger charge is -2.21. The zero-order valence-electron chi connectivity index (χ0n) is 13.9. The second-order valence-electron chi connectivity index (χ2n) is 6.40. The maximum atomic E-state index is 13.1. The monoisotopic (exact) mass is 339 g/mol. The van der Waals surface area contributed by atoms with Gasteiger partial charge < -0.3 is 0 Å². The molecule has 3 aromatic rings. The molecule has 4 heteroatoms. The zero-order valence-corrected chi connectivity index (χ0v) is 13.9. The second kappa shape index (κ2) is 5.49. The van der Waals surface area contributed by atoms with Crippen LogP contribution in [0.4, 0.5) is 5.69 Å². The van der Waals surface area contributed by atoms with Crippen molar-refractivity contribution in [2.24, 2.45) is 0 Å². The van der Waals surface area contributed by atoms with Crippen molar-refractivity contribution in [3.8, 4) is 0 Å². The number of hydrogen-bond acceptors (Lipinski definition) is 2. The van der Waals surface area contributed by atoms with Crippen molar-refractivity contribution in [1.82, 2.24) is 0 Å². The van der Waals surface area contributed by atoms with Gasteiger partial charge in [-0.2, -0.15) is 0 Å². The van der Waals surface area contributed by atoms with Crippen LogP contribution in [0.15, 0.2) is 78.9 Å². The predicted octanol–water partition coefficient (Wildman–Crippen LogP) is 3.63. The highest BCUT2D eigenvalue weighted by molar-refractivity contribution is 6.12. The molecule has 2 heterocycles. The van der Waals surface area contributed by atoms with Crippen molar-refractivity contribution in [2.45, 2.75) is 6.17 Å². The lowest BCUT2D eigenvalue weighted by molar-refractivity contribution is -0.467. The third kappa shape index (κ3) is 1.99. The number of fused-ring (bicyclic) bond motifs is 2. The smallest absolute Gasteiger partial charge is 0.268 e. The second-order valence-corrected chi connectivity index (χ2v) is 6.40. The summed E-state index contributed by atoms with van der Waals surface area (Å²) in [5.74, 6) is -0.176. The van der Waals surface area contributed by atoms with E-state index in [9.17, 15) is 9.59 Å². The molecule has 2 amide bonds. The van der Waals surface area contributed by atoms with Gasteiger partial charge in [0.2, 0.25) is 0 Å². The highest BCUT2D eigenvalue weighted by Crippen LogP contribution is 2.39. The Bertz CT molecular complexity index is 1090. The van der Waals surface area contributed by atoms with E-state index in [2.05, 4.69) is 0 Å². The number of carbonyl (C=O) groups is 2. The van der Waals surface area contributed by atoms with Crippen molar-refractivity contribution in [2.75, 3.05) is 4.90 Å². The van der Waals surface area contributed by atoms with Gasteiger partial charge in [0.1, 0.15) is 5.56 Å². The molecule has 2 aliphatic rings. The highest BCUT2D eigenvalue weighted by Gasteiger charge is 2.49. The van der Waals surface area contributed by atoms with Crippen LogP contribution >= 0.6 is 0 Å². The van der Waals surface area contributed by atoms with Crippen LogP contribution in [-0.2, 0) is 0 Å². The lowest BCUT2D eigenvalue weighted by Crippen LogP contribution is -2.36. The summed E-state index contributed by atoms with van der Waals surface area (Å²) in [5.41, 5.74) is 3.80. The van der Waals surface area contributed by atoms with Gasteiger partial charge in [0, 0.05) is 0 Å². The van der Waals surface area contributed by atoms with Crippen LogP contribution in [0.2, 0.25) is 0 Å². The summed E-state index contributed by atoms with van der Waals surface area (Å²) in [5, 5.41) is 0. The summed E-state index contributed by atoms with van der Waals surface area (Å²) in [6.45, 7) is 0. The average molecular weight is 339 g/mol. The number of hydrogen-bond donors (Lipinski definition) is 0. The molecule has 1 atom stereocenters. The summed E-state index contributed by atoms with van der Waals surface area (Å²) >= 11 is 0. The number of anilines is 1. The largest absolute Gasteiger partial charge is 0.422 e. The number of para-hydroxylation sites is 1. The van der Waals surface area contributed by atoms with Crippen LogP contribution in [0, 0.1) is 0 Å². The molecule has 0 saturated heterocycles. The Morgan fingerprint density at radius 1 is 0.731 bits per heavy atom. The molecule has 0 saturated carbocycles. The Morgan fingerprint density at radius 2 is 1.38 bits per heavy atom. The molecule has 5 rings (SSSR count). The van der Waals surface area contributed by atoms with E-state index in [0.717, 1.165) is 16.8 Å². The van der Waals surface area contributed by atoms with E-state index in [0.29, 0.717) is 11.1 Å². The molecule has 0 aromatic heterocycles. The Labute approximate surface area is 150 Å². The molecule has 0 bridgehead atoms. The molecular weight excluding hydrogens is 324 g/mol. The highest BCUT2D eigenvalue weighted by atomic mass is 16.2. The Balaban J connectivity index is 1.71. The molecule has 1 unspecified atom stereocenters. The maximum absolute atomic E-state index is 13.1. The average Bonchev–Trinajstić information content (AvgIpc) is 3.17. The SMILES string of the molecule is O=C1c2ccccc2C([N+]2=Cc3ccccc3C2=O)N1c1ccccc1. The minimum atomic E-state index is -0.485. The van der Waals surface area contributed by atoms with Crippen molar-refractivity contribution >= 4 is 23.7 Å². The van der Waals surface area contributed by atoms with Gasteiger partial charge >= 0.3 is 5.91 Å². The first-order chi connectivity index (χ1) is 12.8. The van der Waals surface area contributed by atoms with Crippen molar-refractivity contribution in [3.05, 3.63) is 101 Å². The molecule has 3 aromatic carbocycles. The van der Waals surface area contributed by atoms with Gasteiger partial charge in [0.15, 0.2) is 6.21 Å². The molecule has 124 valence electrons. The van der Waals surface area contributed by atoms with Crippen LogP contribution in [0.3, 0.4) is 0 Å². The van der Waals surface area contributed by atoms with Gasteiger partial charge in [0.25, 0.3) is 12.1 Å². The number of amides is 2.